The van der Waals surface area contributed by atoms with E-state index in [-0.39, 0.29) is 23.8 Å². The molecule has 5 heteroatoms. The van der Waals surface area contributed by atoms with Crippen molar-refractivity contribution in [1.82, 2.24) is 10.6 Å². The Hall–Kier alpha value is -1.62. The molecular weight excluding hydrogens is 271 g/mol. The minimum atomic E-state index is -0.634. The molecule has 0 aliphatic carbocycles. The summed E-state index contributed by atoms with van der Waals surface area (Å²) in [6.07, 6.45) is -0.634. The average molecular weight is 296 g/mol. The number of halogens is 1. The van der Waals surface area contributed by atoms with Crippen LogP contribution in [0.1, 0.15) is 46.2 Å². The highest BCUT2D eigenvalue weighted by Crippen LogP contribution is 2.27. The van der Waals surface area contributed by atoms with Crippen molar-refractivity contribution in [2.24, 2.45) is 0 Å². The number of nitrogens with one attached hydrogen (secondary N) is 2. The van der Waals surface area contributed by atoms with Crippen LogP contribution in [0.2, 0.25) is 0 Å². The second-order valence-electron chi connectivity index (χ2n) is 5.38. The van der Waals surface area contributed by atoms with Crippen LogP contribution in [0.5, 0.6) is 5.75 Å². The molecule has 1 aromatic rings. The predicted molar refractivity (Wildman–Crippen MR) is 81.9 cm³/mol. The van der Waals surface area contributed by atoms with Crippen LogP contribution < -0.4 is 15.4 Å². The Balaban J connectivity index is 2.89. The van der Waals surface area contributed by atoms with Crippen molar-refractivity contribution < 1.29 is 13.9 Å². The van der Waals surface area contributed by atoms with E-state index < -0.39 is 6.10 Å². The summed E-state index contributed by atoms with van der Waals surface area (Å²) in [5.74, 6) is 0.0222. The van der Waals surface area contributed by atoms with Crippen molar-refractivity contribution in [2.45, 2.75) is 52.8 Å². The average Bonchev–Trinajstić information content (AvgIpc) is 2.40. The lowest BCUT2D eigenvalue weighted by Crippen LogP contribution is -2.40. The number of carbonyl (C=O) groups is 1. The number of ether oxygens (including phenoxy) is 1. The Morgan fingerprint density at radius 2 is 1.95 bits per heavy atom. The molecule has 0 saturated carbocycles. The molecule has 0 heterocycles. The fourth-order valence-corrected chi connectivity index (χ4v) is 2.03. The van der Waals surface area contributed by atoms with E-state index in [0.29, 0.717) is 11.3 Å². The summed E-state index contributed by atoms with van der Waals surface area (Å²) in [6, 6.07) is 4.34. The minimum Gasteiger partial charge on any atom is -0.481 e. The third-order valence-electron chi connectivity index (χ3n) is 3.05. The van der Waals surface area contributed by atoms with Gasteiger partial charge in [0.15, 0.2) is 6.10 Å². The summed E-state index contributed by atoms with van der Waals surface area (Å²) in [5, 5.41) is 6.01. The topological polar surface area (TPSA) is 50.4 Å². The molecule has 1 amide bonds. The Morgan fingerprint density at radius 1 is 1.29 bits per heavy atom. The van der Waals surface area contributed by atoms with Gasteiger partial charge in [0.05, 0.1) is 0 Å². The molecule has 0 spiro atoms. The van der Waals surface area contributed by atoms with Gasteiger partial charge in [-0.2, -0.15) is 0 Å². The molecule has 1 aromatic carbocycles. The Labute approximate surface area is 126 Å². The highest BCUT2D eigenvalue weighted by molar-refractivity contribution is 5.80. The van der Waals surface area contributed by atoms with Crippen LogP contribution >= 0.6 is 0 Å². The first-order chi connectivity index (χ1) is 9.85. The van der Waals surface area contributed by atoms with Gasteiger partial charge in [0.25, 0.3) is 5.91 Å². The molecule has 21 heavy (non-hydrogen) atoms. The molecule has 2 N–H and O–H groups in total. The number of hydrogen-bond acceptors (Lipinski definition) is 3. The normalized spacial score (nSPS) is 13.9. The van der Waals surface area contributed by atoms with Gasteiger partial charge in [0, 0.05) is 17.6 Å². The fraction of sp³-hybridized carbons (Fsp3) is 0.562. The van der Waals surface area contributed by atoms with Crippen molar-refractivity contribution in [2.75, 3.05) is 6.54 Å². The van der Waals surface area contributed by atoms with E-state index in [1.54, 1.807) is 13.0 Å². The van der Waals surface area contributed by atoms with E-state index in [9.17, 15) is 9.18 Å². The summed E-state index contributed by atoms with van der Waals surface area (Å²) in [6.45, 7) is 10.1. The molecule has 1 rings (SSSR count). The van der Waals surface area contributed by atoms with E-state index in [1.807, 2.05) is 27.7 Å². The lowest BCUT2D eigenvalue weighted by atomic mass is 10.1. The van der Waals surface area contributed by atoms with E-state index in [0.717, 1.165) is 6.54 Å². The monoisotopic (exact) mass is 296 g/mol. The summed E-state index contributed by atoms with van der Waals surface area (Å²) in [4.78, 5) is 11.9. The molecule has 0 aliphatic rings. The highest BCUT2D eigenvalue weighted by Gasteiger charge is 2.19. The zero-order valence-corrected chi connectivity index (χ0v) is 13.4. The lowest BCUT2D eigenvalue weighted by Gasteiger charge is -2.21. The van der Waals surface area contributed by atoms with Gasteiger partial charge in [-0.1, -0.05) is 6.92 Å². The number of rotatable bonds is 7. The van der Waals surface area contributed by atoms with Crippen LogP contribution in [0.25, 0.3) is 0 Å². The van der Waals surface area contributed by atoms with Gasteiger partial charge in [-0.15, -0.1) is 0 Å². The number of carbonyl (C=O) groups excluding carboxylic acids is 1. The van der Waals surface area contributed by atoms with Gasteiger partial charge in [-0.05, 0) is 52.4 Å². The number of benzene rings is 1. The predicted octanol–water partition coefficient (Wildman–Crippen LogP) is 2.79. The van der Waals surface area contributed by atoms with Gasteiger partial charge in [-0.3, -0.25) is 4.79 Å². The third-order valence-corrected chi connectivity index (χ3v) is 3.05. The summed E-state index contributed by atoms with van der Waals surface area (Å²) >= 11 is 0. The van der Waals surface area contributed by atoms with Crippen molar-refractivity contribution >= 4 is 5.91 Å². The van der Waals surface area contributed by atoms with E-state index >= 15 is 0 Å². The van der Waals surface area contributed by atoms with E-state index in [2.05, 4.69) is 10.6 Å². The maximum Gasteiger partial charge on any atom is 0.260 e. The Morgan fingerprint density at radius 3 is 2.52 bits per heavy atom. The SMILES string of the molecule is CCNC(C)c1cc(F)ccc1OC(C)C(=O)NC(C)C. The van der Waals surface area contributed by atoms with Crippen molar-refractivity contribution in [1.29, 1.82) is 0 Å². The van der Waals surface area contributed by atoms with Crippen LogP contribution in [-0.4, -0.2) is 24.6 Å². The first kappa shape index (κ1) is 17.4. The molecule has 0 radical (unpaired) electrons. The van der Waals surface area contributed by atoms with Crippen LogP contribution in [-0.2, 0) is 4.79 Å². The van der Waals surface area contributed by atoms with Gasteiger partial charge in [0.2, 0.25) is 0 Å². The fourth-order valence-electron chi connectivity index (χ4n) is 2.03. The van der Waals surface area contributed by atoms with Crippen LogP contribution in [0.3, 0.4) is 0 Å². The molecule has 118 valence electrons. The zero-order valence-electron chi connectivity index (χ0n) is 13.4. The third kappa shape index (κ3) is 5.34. The summed E-state index contributed by atoms with van der Waals surface area (Å²) in [5.41, 5.74) is 0.709. The van der Waals surface area contributed by atoms with Gasteiger partial charge in [0.1, 0.15) is 11.6 Å². The second kappa shape index (κ2) is 7.98. The van der Waals surface area contributed by atoms with E-state index in [1.165, 1.54) is 12.1 Å². The van der Waals surface area contributed by atoms with Gasteiger partial charge >= 0.3 is 0 Å². The standard InChI is InChI=1S/C16H25FN2O2/c1-6-18-11(4)14-9-13(17)7-8-15(14)21-12(5)16(20)19-10(2)3/h7-12,18H,6H2,1-5H3,(H,19,20). The number of amides is 1. The lowest BCUT2D eigenvalue weighted by molar-refractivity contribution is -0.127. The molecule has 0 aliphatic heterocycles. The molecule has 0 bridgehead atoms. The maximum absolute atomic E-state index is 13.5. The van der Waals surface area contributed by atoms with Crippen LogP contribution in [0.4, 0.5) is 4.39 Å². The van der Waals surface area contributed by atoms with Crippen LogP contribution in [0.15, 0.2) is 18.2 Å². The summed E-state index contributed by atoms with van der Waals surface area (Å²) in [7, 11) is 0. The zero-order chi connectivity index (χ0) is 16.0. The quantitative estimate of drug-likeness (QED) is 0.813. The first-order valence-corrected chi connectivity index (χ1v) is 7.35. The van der Waals surface area contributed by atoms with Gasteiger partial charge < -0.3 is 15.4 Å². The Bertz CT molecular complexity index is 477. The van der Waals surface area contributed by atoms with Crippen molar-refractivity contribution in [3.8, 4) is 5.75 Å². The van der Waals surface area contributed by atoms with Crippen LogP contribution in [0, 0.1) is 5.82 Å². The maximum atomic E-state index is 13.5. The minimum absolute atomic E-state index is 0.0527. The van der Waals surface area contributed by atoms with E-state index in [4.69, 9.17) is 4.74 Å². The van der Waals surface area contributed by atoms with Gasteiger partial charge in [-0.25, -0.2) is 4.39 Å². The largest absolute Gasteiger partial charge is 0.481 e. The highest BCUT2D eigenvalue weighted by atomic mass is 19.1. The second-order valence-corrected chi connectivity index (χ2v) is 5.38. The number of hydrogen-bond donors (Lipinski definition) is 2. The Kier molecular flexibility index (Phi) is 6.62. The molecule has 0 aromatic heterocycles. The first-order valence-electron chi connectivity index (χ1n) is 7.35. The summed E-state index contributed by atoms with van der Waals surface area (Å²) < 4.78 is 19.2. The smallest absolute Gasteiger partial charge is 0.260 e. The molecule has 0 saturated heterocycles. The molecular formula is C16H25FN2O2. The van der Waals surface area contributed by atoms with Crippen molar-refractivity contribution in [3.05, 3.63) is 29.6 Å². The molecule has 2 unspecified atom stereocenters. The molecule has 2 atom stereocenters. The molecule has 0 fully saturated rings. The molecule has 4 nitrogen and oxygen atoms in total. The van der Waals surface area contributed by atoms with Crippen molar-refractivity contribution in [3.63, 3.8) is 0 Å².